The van der Waals surface area contributed by atoms with Crippen LogP contribution < -0.4 is 0 Å². The maximum atomic E-state index is 12.5. The van der Waals surface area contributed by atoms with Gasteiger partial charge in [0.2, 0.25) is 0 Å². The van der Waals surface area contributed by atoms with Crippen molar-refractivity contribution in [2.45, 2.75) is 12.3 Å². The van der Waals surface area contributed by atoms with E-state index in [1.54, 1.807) is 0 Å². The van der Waals surface area contributed by atoms with E-state index in [0.29, 0.717) is 0 Å². The molecule has 6 heteroatoms. The first-order chi connectivity index (χ1) is 6.07. The Kier molecular flexibility index (Phi) is 2.98. The molecule has 72 valence electrons. The van der Waals surface area contributed by atoms with E-state index >= 15 is 0 Å². The lowest BCUT2D eigenvalue weighted by Crippen LogP contribution is -1.97. The Balaban J connectivity index is 3.32. The summed E-state index contributed by atoms with van der Waals surface area (Å²) in [7, 11) is 0. The second-order valence-corrected chi connectivity index (χ2v) is 2.54. The molecular formula is C7H5ClF3NO. The van der Waals surface area contributed by atoms with Crippen molar-refractivity contribution in [3.05, 3.63) is 23.3 Å². The molecule has 0 unspecified atom stereocenters. The van der Waals surface area contributed by atoms with Gasteiger partial charge in [-0.05, 0) is 5.56 Å². The van der Waals surface area contributed by atoms with Crippen molar-refractivity contribution < 1.29 is 18.3 Å². The average molecular weight is 212 g/mol. The van der Waals surface area contributed by atoms with E-state index < -0.39 is 23.7 Å². The number of pyridine rings is 1. The number of aromatic nitrogens is 1. The summed E-state index contributed by atoms with van der Waals surface area (Å²) in [5.74, 6) is -2.70. The Morgan fingerprint density at radius 1 is 1.54 bits per heavy atom. The molecule has 0 amide bonds. The lowest BCUT2D eigenvalue weighted by atomic mass is 10.1. The SMILES string of the molecule is Oc1c(F)ncc(CCl)c1C(F)F. The standard InChI is InChI=1S/C7H5ClF3NO/c8-1-3-2-12-7(11)5(13)4(3)6(9)10/h2,6,13H,1H2. The van der Waals surface area contributed by atoms with Crippen molar-refractivity contribution in [1.82, 2.24) is 4.98 Å². The van der Waals surface area contributed by atoms with E-state index in [2.05, 4.69) is 4.98 Å². The molecule has 0 saturated heterocycles. The monoisotopic (exact) mass is 211 g/mol. The Morgan fingerprint density at radius 2 is 2.15 bits per heavy atom. The smallest absolute Gasteiger partial charge is 0.267 e. The third-order valence-corrected chi connectivity index (χ3v) is 1.78. The fourth-order valence-electron chi connectivity index (χ4n) is 0.878. The lowest BCUT2D eigenvalue weighted by Gasteiger charge is -2.07. The zero-order chi connectivity index (χ0) is 10.0. The third kappa shape index (κ3) is 1.85. The summed E-state index contributed by atoms with van der Waals surface area (Å²) >= 11 is 5.29. The number of aromatic hydroxyl groups is 1. The van der Waals surface area contributed by atoms with Gasteiger partial charge in [0.05, 0.1) is 5.56 Å². The van der Waals surface area contributed by atoms with Gasteiger partial charge < -0.3 is 5.11 Å². The molecule has 0 atom stereocenters. The van der Waals surface area contributed by atoms with E-state index in [1.165, 1.54) is 0 Å². The first kappa shape index (κ1) is 10.1. The fourth-order valence-corrected chi connectivity index (χ4v) is 1.09. The summed E-state index contributed by atoms with van der Waals surface area (Å²) in [4.78, 5) is 3.06. The van der Waals surface area contributed by atoms with Crippen molar-refractivity contribution in [3.8, 4) is 5.75 Å². The second-order valence-electron chi connectivity index (χ2n) is 2.27. The van der Waals surface area contributed by atoms with E-state index in [4.69, 9.17) is 16.7 Å². The van der Waals surface area contributed by atoms with Crippen molar-refractivity contribution in [2.75, 3.05) is 0 Å². The van der Waals surface area contributed by atoms with Crippen LogP contribution in [0, 0.1) is 5.95 Å². The van der Waals surface area contributed by atoms with E-state index in [-0.39, 0.29) is 11.4 Å². The molecule has 1 aromatic heterocycles. The summed E-state index contributed by atoms with van der Waals surface area (Å²) < 4.78 is 37.0. The summed E-state index contributed by atoms with van der Waals surface area (Å²) in [5.41, 5.74) is -0.863. The summed E-state index contributed by atoms with van der Waals surface area (Å²) in [6, 6.07) is 0. The van der Waals surface area contributed by atoms with Gasteiger partial charge in [0.1, 0.15) is 0 Å². The van der Waals surface area contributed by atoms with Crippen LogP contribution in [0.1, 0.15) is 17.6 Å². The van der Waals surface area contributed by atoms with Crippen molar-refractivity contribution in [2.24, 2.45) is 0 Å². The number of halogens is 4. The predicted octanol–water partition coefficient (Wildman–Crippen LogP) is 2.60. The van der Waals surface area contributed by atoms with Gasteiger partial charge in [-0.15, -0.1) is 11.6 Å². The Labute approximate surface area is 77.0 Å². The van der Waals surface area contributed by atoms with Gasteiger partial charge in [0.15, 0.2) is 5.75 Å². The van der Waals surface area contributed by atoms with Gasteiger partial charge in [-0.1, -0.05) is 0 Å². The highest BCUT2D eigenvalue weighted by Crippen LogP contribution is 2.32. The van der Waals surface area contributed by atoms with Gasteiger partial charge in [-0.25, -0.2) is 13.8 Å². The molecule has 0 aliphatic carbocycles. The molecule has 2 nitrogen and oxygen atoms in total. The maximum absolute atomic E-state index is 12.5. The topological polar surface area (TPSA) is 33.1 Å². The van der Waals surface area contributed by atoms with Crippen LogP contribution in [0.3, 0.4) is 0 Å². The van der Waals surface area contributed by atoms with Crippen LogP contribution in [0.25, 0.3) is 0 Å². The molecule has 0 spiro atoms. The van der Waals surface area contributed by atoms with Crippen LogP contribution in [0.5, 0.6) is 5.75 Å². The first-order valence-electron chi connectivity index (χ1n) is 3.28. The first-order valence-corrected chi connectivity index (χ1v) is 3.81. The molecule has 0 aliphatic rings. The summed E-state index contributed by atoms with van der Waals surface area (Å²) in [5, 5.41) is 8.90. The van der Waals surface area contributed by atoms with Gasteiger partial charge in [0, 0.05) is 12.1 Å². The molecule has 0 aromatic carbocycles. The maximum Gasteiger partial charge on any atom is 0.267 e. The Bertz CT molecular complexity index is 319. The lowest BCUT2D eigenvalue weighted by molar-refractivity contribution is 0.145. The molecule has 0 radical (unpaired) electrons. The predicted molar refractivity (Wildman–Crippen MR) is 40.4 cm³/mol. The zero-order valence-corrected chi connectivity index (χ0v) is 7.02. The van der Waals surface area contributed by atoms with Crippen molar-refractivity contribution in [3.63, 3.8) is 0 Å². The molecule has 0 fully saturated rings. The van der Waals surface area contributed by atoms with Crippen molar-refractivity contribution >= 4 is 11.6 Å². The zero-order valence-electron chi connectivity index (χ0n) is 6.27. The number of alkyl halides is 3. The van der Waals surface area contributed by atoms with Crippen LogP contribution in [0.4, 0.5) is 13.2 Å². The highest BCUT2D eigenvalue weighted by atomic mass is 35.5. The Hall–Kier alpha value is -0.970. The Morgan fingerprint density at radius 3 is 2.62 bits per heavy atom. The van der Waals surface area contributed by atoms with Crippen LogP contribution in [-0.4, -0.2) is 10.1 Å². The van der Waals surface area contributed by atoms with Gasteiger partial charge in [0.25, 0.3) is 12.4 Å². The molecule has 0 aliphatic heterocycles. The summed E-state index contributed by atoms with van der Waals surface area (Å²) in [6.07, 6.45) is -2.09. The minimum absolute atomic E-state index is 0.0735. The third-order valence-electron chi connectivity index (χ3n) is 1.49. The molecule has 1 N–H and O–H groups in total. The molecule has 13 heavy (non-hydrogen) atoms. The van der Waals surface area contributed by atoms with Gasteiger partial charge in [-0.3, -0.25) is 0 Å². The minimum Gasteiger partial charge on any atom is -0.503 e. The van der Waals surface area contributed by atoms with Crippen LogP contribution >= 0.6 is 11.6 Å². The fraction of sp³-hybridized carbons (Fsp3) is 0.286. The van der Waals surface area contributed by atoms with E-state index in [0.717, 1.165) is 6.20 Å². The molecule has 1 aromatic rings. The molecule has 1 heterocycles. The minimum atomic E-state index is -2.97. The normalized spacial score (nSPS) is 10.8. The molecule has 0 saturated carbocycles. The van der Waals surface area contributed by atoms with Crippen LogP contribution in [0.2, 0.25) is 0 Å². The average Bonchev–Trinajstić information content (AvgIpc) is 2.08. The summed E-state index contributed by atoms with van der Waals surface area (Å²) in [6.45, 7) is 0. The van der Waals surface area contributed by atoms with E-state index in [1.807, 2.05) is 0 Å². The van der Waals surface area contributed by atoms with Gasteiger partial charge >= 0.3 is 0 Å². The van der Waals surface area contributed by atoms with Crippen LogP contribution in [-0.2, 0) is 5.88 Å². The van der Waals surface area contributed by atoms with E-state index in [9.17, 15) is 13.2 Å². The highest BCUT2D eigenvalue weighted by Gasteiger charge is 2.21. The molecule has 0 bridgehead atoms. The number of nitrogens with zero attached hydrogens (tertiary/aromatic N) is 1. The largest absolute Gasteiger partial charge is 0.503 e. The van der Waals surface area contributed by atoms with Gasteiger partial charge in [-0.2, -0.15) is 4.39 Å². The molecular weight excluding hydrogens is 207 g/mol. The number of hydrogen-bond acceptors (Lipinski definition) is 2. The second kappa shape index (κ2) is 3.83. The quantitative estimate of drug-likeness (QED) is 0.603. The number of hydrogen-bond donors (Lipinski definition) is 1. The highest BCUT2D eigenvalue weighted by molar-refractivity contribution is 6.17. The van der Waals surface area contributed by atoms with Crippen LogP contribution in [0.15, 0.2) is 6.20 Å². The molecule has 1 rings (SSSR count). The number of rotatable bonds is 2. The van der Waals surface area contributed by atoms with Crippen molar-refractivity contribution in [1.29, 1.82) is 0 Å².